The number of amides is 1. The molecule has 1 aromatic carbocycles. The summed E-state index contributed by atoms with van der Waals surface area (Å²) in [5.41, 5.74) is 1.64. The van der Waals surface area contributed by atoms with Gasteiger partial charge in [-0.2, -0.15) is 0 Å². The van der Waals surface area contributed by atoms with Crippen molar-refractivity contribution < 1.29 is 28.9 Å². The van der Waals surface area contributed by atoms with Crippen LogP contribution in [0.2, 0.25) is 0 Å². The first-order valence-corrected chi connectivity index (χ1v) is 12.2. The number of fused-ring (bicyclic) bond motifs is 2. The number of imidazole rings is 1. The number of benzene rings is 1. The van der Waals surface area contributed by atoms with Crippen molar-refractivity contribution >= 4 is 9.81 Å². The van der Waals surface area contributed by atoms with Crippen molar-refractivity contribution in [2.45, 2.75) is 52.2 Å². The van der Waals surface area contributed by atoms with E-state index in [0.29, 0.717) is 11.3 Å². The number of nitrogens with one attached hydrogen (secondary N) is 1. The Hall–Kier alpha value is -2.52. The number of carbonyl (C=O) groups excluding carboxylic acids is 1. The Morgan fingerprint density at radius 1 is 1.19 bits per heavy atom. The maximum atomic E-state index is 12.8. The van der Waals surface area contributed by atoms with E-state index >= 15 is 0 Å². The standard InChI is InChI=1S/C25H29N3O2.W/c1-20(2)30-22-14-13-21-11-7-4-3-5-10-17-28-18-16-26-24(28)12-8-6-9-15-27-25(29)23(21)19-22;/h4,6-9,13-16,18-20H,3,5,10-11,17H2,1-2H3,(H,27,29);. The van der Waals surface area contributed by atoms with E-state index in [0.717, 1.165) is 43.6 Å². The van der Waals surface area contributed by atoms with E-state index in [4.69, 9.17) is 4.74 Å². The summed E-state index contributed by atoms with van der Waals surface area (Å²) in [7, 11) is 0. The average Bonchev–Trinajstić information content (AvgIpc) is 3.21. The van der Waals surface area contributed by atoms with Crippen molar-refractivity contribution in [3.05, 3.63) is 84.1 Å². The third-order valence-corrected chi connectivity index (χ3v) is 5.97. The number of carbonyl (C=O) groups is 1. The molecule has 0 saturated heterocycles. The predicted octanol–water partition coefficient (Wildman–Crippen LogP) is 4.52. The molecule has 31 heavy (non-hydrogen) atoms. The Balaban J connectivity index is 1.82. The topological polar surface area (TPSA) is 56.1 Å². The number of ether oxygens (including phenoxy) is 1. The van der Waals surface area contributed by atoms with Crippen LogP contribution in [0.5, 0.6) is 5.75 Å². The second kappa shape index (κ2) is 11.8. The van der Waals surface area contributed by atoms with Crippen LogP contribution in [-0.4, -0.2) is 25.5 Å². The van der Waals surface area contributed by atoms with E-state index < -0.39 is 0 Å². The summed E-state index contributed by atoms with van der Waals surface area (Å²) in [4.78, 5) is 17.4. The number of hydrogen-bond acceptors (Lipinski definition) is 3. The normalized spacial score (nSPS) is 15.7. The second-order valence-electron chi connectivity index (χ2n) is 7.66. The van der Waals surface area contributed by atoms with Gasteiger partial charge in [0.15, 0.2) is 0 Å². The van der Waals surface area contributed by atoms with Crippen LogP contribution < -0.4 is 10.1 Å². The minimum absolute atomic E-state index is 0.0578. The van der Waals surface area contributed by atoms with Gasteiger partial charge in [0.1, 0.15) is 0 Å². The first kappa shape index (κ1) is 23.1. The zero-order chi connectivity index (χ0) is 22.1. The quantitative estimate of drug-likeness (QED) is 0.527. The number of allylic oxidation sites excluding steroid dienone is 5. The molecule has 0 aliphatic carbocycles. The molecular formula is C25H29N3O2W. The molecule has 162 valence electrons. The molecular weight excluding hydrogens is 558 g/mol. The van der Waals surface area contributed by atoms with Crippen molar-refractivity contribution in [1.82, 2.24) is 14.9 Å². The summed E-state index contributed by atoms with van der Waals surface area (Å²) in [5, 5.41) is 2.88. The molecule has 1 aliphatic rings. The fourth-order valence-electron chi connectivity index (χ4n) is 3.35. The molecule has 1 aromatic heterocycles. The molecule has 0 saturated carbocycles. The molecule has 0 radical (unpaired) electrons. The minimum atomic E-state index is -0.134. The van der Waals surface area contributed by atoms with Gasteiger partial charge in [0.05, 0.1) is 0 Å². The molecule has 1 aliphatic heterocycles. The number of aromatic nitrogens is 2. The number of nitrogens with zero attached hydrogens (tertiary/aromatic N) is 2. The fourth-order valence-corrected chi connectivity index (χ4v) is 4.25. The first-order valence-electron chi connectivity index (χ1n) is 10.7. The molecule has 0 fully saturated rings. The molecule has 1 N–H and O–H groups in total. The molecule has 2 aromatic rings. The zero-order valence-corrected chi connectivity index (χ0v) is 21.0. The van der Waals surface area contributed by atoms with E-state index in [2.05, 4.69) is 27.0 Å². The van der Waals surface area contributed by atoms with Crippen LogP contribution in [0.15, 0.2) is 67.2 Å². The van der Waals surface area contributed by atoms with E-state index in [1.54, 1.807) is 6.20 Å². The van der Waals surface area contributed by atoms with Crippen LogP contribution >= 0.6 is 0 Å². The van der Waals surface area contributed by atoms with Gasteiger partial charge in [0, 0.05) is 0 Å². The number of hydrogen-bond donors (Lipinski definition) is 1. The summed E-state index contributed by atoms with van der Waals surface area (Å²) in [5.74, 6) is 1.60. The fraction of sp³-hybridized carbons (Fsp3) is 0.320. The van der Waals surface area contributed by atoms with Crippen LogP contribution in [0.4, 0.5) is 0 Å². The summed E-state index contributed by atoms with van der Waals surface area (Å²) >= 11 is 1.36. The van der Waals surface area contributed by atoms with Gasteiger partial charge < -0.3 is 0 Å². The third kappa shape index (κ3) is 7.00. The molecule has 0 spiro atoms. The zero-order valence-electron chi connectivity index (χ0n) is 18.1. The Bertz CT molecular complexity index is 1000. The molecule has 6 heteroatoms. The van der Waals surface area contributed by atoms with Gasteiger partial charge in [0.25, 0.3) is 0 Å². The van der Waals surface area contributed by atoms with Crippen molar-refractivity contribution in [2.75, 3.05) is 0 Å². The van der Waals surface area contributed by atoms with Crippen LogP contribution in [-0.2, 0) is 32.3 Å². The maximum absolute atomic E-state index is 12.8. The molecule has 0 bridgehead atoms. The average molecular weight is 587 g/mol. The SMILES string of the molecule is CC(C)Oc1ccc2c(c1)C(=O)NC=CC=C[C](=[W])c1nccn1CCCCC=CC2. The van der Waals surface area contributed by atoms with Crippen molar-refractivity contribution in [3.8, 4) is 5.75 Å². The summed E-state index contributed by atoms with van der Waals surface area (Å²) in [6.45, 7) is 4.93. The molecule has 2 heterocycles. The third-order valence-electron chi connectivity index (χ3n) is 4.83. The van der Waals surface area contributed by atoms with Gasteiger partial charge in [-0.05, 0) is 13.8 Å². The molecule has 0 unspecified atom stereocenters. The molecule has 5 nitrogen and oxygen atoms in total. The van der Waals surface area contributed by atoms with Crippen LogP contribution in [0.1, 0.15) is 54.9 Å². The van der Waals surface area contributed by atoms with Gasteiger partial charge in [0.2, 0.25) is 0 Å². The summed E-state index contributed by atoms with van der Waals surface area (Å²) in [6.07, 6.45) is 19.8. The van der Waals surface area contributed by atoms with E-state index in [1.807, 2.05) is 62.7 Å². The summed E-state index contributed by atoms with van der Waals surface area (Å²) in [6, 6.07) is 5.76. The molecule has 0 atom stereocenters. The van der Waals surface area contributed by atoms with Crippen molar-refractivity contribution in [3.63, 3.8) is 0 Å². The van der Waals surface area contributed by atoms with E-state index in [1.165, 1.54) is 23.3 Å². The predicted molar refractivity (Wildman–Crippen MR) is 121 cm³/mol. The van der Waals surface area contributed by atoms with Gasteiger partial charge in [-0.15, -0.1) is 0 Å². The second-order valence-corrected chi connectivity index (χ2v) is 9.24. The number of aryl methyl sites for hydroxylation is 1. The number of rotatable bonds is 2. The Morgan fingerprint density at radius 2 is 2.06 bits per heavy atom. The Morgan fingerprint density at radius 3 is 2.90 bits per heavy atom. The van der Waals surface area contributed by atoms with Crippen molar-refractivity contribution in [2.24, 2.45) is 0 Å². The van der Waals surface area contributed by atoms with Gasteiger partial charge in [-0.1, -0.05) is 0 Å². The van der Waals surface area contributed by atoms with Crippen LogP contribution in [0.3, 0.4) is 0 Å². The van der Waals surface area contributed by atoms with Crippen LogP contribution in [0, 0.1) is 0 Å². The van der Waals surface area contributed by atoms with Crippen molar-refractivity contribution in [1.29, 1.82) is 0 Å². The molecule has 1 amide bonds. The monoisotopic (exact) mass is 587 g/mol. The van der Waals surface area contributed by atoms with Crippen LogP contribution in [0.25, 0.3) is 0 Å². The van der Waals surface area contributed by atoms with Gasteiger partial charge in [-0.3, -0.25) is 0 Å². The van der Waals surface area contributed by atoms with E-state index in [-0.39, 0.29) is 12.0 Å². The Labute approximate surface area is 195 Å². The van der Waals surface area contributed by atoms with Gasteiger partial charge in [-0.25, -0.2) is 0 Å². The van der Waals surface area contributed by atoms with Gasteiger partial charge >= 0.3 is 182 Å². The first-order chi connectivity index (χ1) is 15.0. The Kier molecular flexibility index (Phi) is 8.78. The molecule has 3 rings (SSSR count). The summed E-state index contributed by atoms with van der Waals surface area (Å²) < 4.78 is 9.18. The van der Waals surface area contributed by atoms with E-state index in [9.17, 15) is 4.79 Å².